The summed E-state index contributed by atoms with van der Waals surface area (Å²) in [5.74, 6) is 7.22. The molecule has 8 aliphatic rings. The van der Waals surface area contributed by atoms with Gasteiger partial charge < -0.3 is 28.4 Å². The molecule has 0 amide bonds. The van der Waals surface area contributed by atoms with Crippen LogP contribution in [-0.2, 0) is 34.0 Å². The fraction of sp³-hybridized carbons (Fsp3) is 0.750. The van der Waals surface area contributed by atoms with E-state index in [4.69, 9.17) is 28.4 Å². The van der Waals surface area contributed by atoms with Gasteiger partial charge in [-0.2, -0.15) is 0 Å². The zero-order valence-electron chi connectivity index (χ0n) is 34.9. The molecule has 56 heavy (non-hydrogen) atoms. The van der Waals surface area contributed by atoms with Crippen LogP contribution in [0.3, 0.4) is 0 Å². The van der Waals surface area contributed by atoms with Crippen LogP contribution >= 0.6 is 0 Å². The van der Waals surface area contributed by atoms with Crippen LogP contribution in [0, 0.1) is 41.4 Å². The van der Waals surface area contributed by atoms with Gasteiger partial charge >= 0.3 is 11.9 Å². The van der Waals surface area contributed by atoms with E-state index in [1.807, 2.05) is 13.8 Å². The van der Waals surface area contributed by atoms with E-state index in [2.05, 4.69) is 39.1 Å². The van der Waals surface area contributed by atoms with Crippen LogP contribution < -0.4 is 9.47 Å². The maximum absolute atomic E-state index is 11.9. The third kappa shape index (κ3) is 9.22. The third-order valence-corrected chi connectivity index (χ3v) is 14.9. The number of carbonyl (C=O) groups is 2. The molecule has 8 aliphatic carbocycles. The number of hydrogen-bond acceptors (Lipinski definition) is 8. The zero-order valence-corrected chi connectivity index (χ0v) is 34.9. The summed E-state index contributed by atoms with van der Waals surface area (Å²) < 4.78 is 37.8. The van der Waals surface area contributed by atoms with Crippen LogP contribution in [0.5, 0.6) is 11.5 Å². The fourth-order valence-electron chi connectivity index (χ4n) is 12.7. The molecule has 8 heteroatoms. The van der Waals surface area contributed by atoms with Crippen molar-refractivity contribution in [1.82, 2.24) is 0 Å². The molecule has 1 aromatic rings. The average Bonchev–Trinajstić information content (AvgIpc) is 3.19. The Hall–Kier alpha value is -2.84. The van der Waals surface area contributed by atoms with E-state index in [0.29, 0.717) is 57.0 Å². The molecular formula is C48H70O8. The Morgan fingerprint density at radius 3 is 1.46 bits per heavy atom. The first-order chi connectivity index (χ1) is 27.2. The van der Waals surface area contributed by atoms with E-state index < -0.39 is 11.9 Å². The summed E-state index contributed by atoms with van der Waals surface area (Å²) in [5.41, 5.74) is 2.98. The van der Waals surface area contributed by atoms with E-state index in [0.717, 1.165) is 53.9 Å². The van der Waals surface area contributed by atoms with E-state index >= 15 is 0 Å². The number of esters is 2. The predicted octanol–water partition coefficient (Wildman–Crippen LogP) is 10.1. The zero-order chi connectivity index (χ0) is 39.4. The van der Waals surface area contributed by atoms with Crippen LogP contribution in [0.4, 0.5) is 0 Å². The van der Waals surface area contributed by atoms with Crippen LogP contribution in [0.2, 0.25) is 0 Å². The lowest BCUT2D eigenvalue weighted by Gasteiger charge is -2.58. The van der Waals surface area contributed by atoms with Crippen LogP contribution in [0.15, 0.2) is 37.4 Å². The van der Waals surface area contributed by atoms with Gasteiger partial charge in [-0.05, 0) is 161 Å². The van der Waals surface area contributed by atoms with E-state index in [1.54, 1.807) is 0 Å². The molecule has 0 aromatic heterocycles. The SMILES string of the molecule is C=CC(=O)OC(CC)COC(CC)COc1cc(OCC(CC)OCC(CC)OC(=O)C=C)c(C23CC4CC(CC(C4)C2)C3)cc1C1C2CC3CC(C2)CC1C3. The molecule has 0 heterocycles. The van der Waals surface area contributed by atoms with Crippen LogP contribution in [-0.4, -0.2) is 62.8 Å². The lowest BCUT2D eigenvalue weighted by atomic mass is 9.47. The highest BCUT2D eigenvalue weighted by molar-refractivity contribution is 5.81. The monoisotopic (exact) mass is 775 g/mol. The Kier molecular flexibility index (Phi) is 13.6. The van der Waals surface area contributed by atoms with Crippen molar-refractivity contribution < 1.29 is 38.0 Å². The maximum Gasteiger partial charge on any atom is 0.330 e. The Bertz CT molecular complexity index is 1470. The molecule has 4 unspecified atom stereocenters. The molecule has 4 atom stereocenters. The second-order valence-electron chi connectivity index (χ2n) is 18.7. The normalized spacial score (nSPS) is 33.0. The quantitative estimate of drug-likeness (QED) is 0.0850. The van der Waals surface area contributed by atoms with Gasteiger partial charge in [-0.15, -0.1) is 0 Å². The summed E-state index contributed by atoms with van der Waals surface area (Å²) in [6.07, 6.45) is 19.2. The minimum absolute atomic E-state index is 0.144. The number of rotatable bonds is 22. The Morgan fingerprint density at radius 1 is 0.607 bits per heavy atom. The molecule has 310 valence electrons. The summed E-state index contributed by atoms with van der Waals surface area (Å²) in [7, 11) is 0. The van der Waals surface area contributed by atoms with Gasteiger partial charge in [0.05, 0.1) is 25.4 Å². The van der Waals surface area contributed by atoms with Crippen molar-refractivity contribution in [2.45, 2.75) is 160 Å². The minimum Gasteiger partial charge on any atom is -0.490 e. The summed E-state index contributed by atoms with van der Waals surface area (Å²) in [6.45, 7) is 16.8. The second-order valence-corrected chi connectivity index (χ2v) is 18.7. The smallest absolute Gasteiger partial charge is 0.330 e. The van der Waals surface area contributed by atoms with Crippen molar-refractivity contribution in [3.63, 3.8) is 0 Å². The molecule has 8 nitrogen and oxygen atoms in total. The highest BCUT2D eigenvalue weighted by Gasteiger charge is 2.54. The fourth-order valence-corrected chi connectivity index (χ4v) is 12.7. The second kappa shape index (κ2) is 18.4. The van der Waals surface area contributed by atoms with Gasteiger partial charge in [0.1, 0.15) is 36.9 Å². The number of hydrogen-bond donors (Lipinski definition) is 0. The van der Waals surface area contributed by atoms with Gasteiger partial charge in [-0.25, -0.2) is 9.59 Å². The van der Waals surface area contributed by atoms with Crippen molar-refractivity contribution in [2.75, 3.05) is 26.4 Å². The number of ether oxygens (including phenoxy) is 6. The molecular weight excluding hydrogens is 705 g/mol. The first-order valence-corrected chi connectivity index (χ1v) is 22.5. The van der Waals surface area contributed by atoms with Gasteiger partial charge in [-0.3, -0.25) is 0 Å². The summed E-state index contributed by atoms with van der Waals surface area (Å²) >= 11 is 0. The first kappa shape index (κ1) is 41.3. The van der Waals surface area contributed by atoms with Gasteiger partial charge in [0.15, 0.2) is 0 Å². The standard InChI is InChI=1S/C48H70O8/c1-7-37(51-28-39(9-3)55-45(49)11-5)26-53-43-22-44(54-27-38(8-2)52-29-40(10-4)56-46(50)12-6)42(48-23-32-14-33(24-48)16-34(15-32)25-48)21-41(43)47-35-17-30-13-31(19-35)20-36(47)18-30/h11-12,21-22,30-40,47H,5-10,13-20,23-29H2,1-4H3. The van der Waals surface area contributed by atoms with Crippen molar-refractivity contribution in [1.29, 1.82) is 0 Å². The van der Waals surface area contributed by atoms with Crippen LogP contribution in [0.25, 0.3) is 0 Å². The van der Waals surface area contributed by atoms with Crippen molar-refractivity contribution >= 4 is 11.9 Å². The van der Waals surface area contributed by atoms with Gasteiger partial charge in [0, 0.05) is 23.8 Å². The lowest BCUT2D eigenvalue weighted by Crippen LogP contribution is -2.49. The van der Waals surface area contributed by atoms with Crippen molar-refractivity contribution in [2.24, 2.45) is 41.4 Å². The molecule has 0 aliphatic heterocycles. The lowest BCUT2D eigenvalue weighted by molar-refractivity contribution is -0.148. The summed E-state index contributed by atoms with van der Waals surface area (Å²) in [6, 6.07) is 4.88. The third-order valence-electron chi connectivity index (χ3n) is 14.9. The van der Waals surface area contributed by atoms with Gasteiger partial charge in [0.25, 0.3) is 0 Å². The Morgan fingerprint density at radius 2 is 1.04 bits per heavy atom. The van der Waals surface area contributed by atoms with Gasteiger partial charge in [0.2, 0.25) is 0 Å². The maximum atomic E-state index is 11.9. The predicted molar refractivity (Wildman–Crippen MR) is 218 cm³/mol. The average molecular weight is 775 g/mol. The molecule has 0 N–H and O–H groups in total. The highest BCUT2D eigenvalue weighted by Crippen LogP contribution is 2.65. The van der Waals surface area contributed by atoms with Crippen molar-refractivity contribution in [3.8, 4) is 11.5 Å². The molecule has 8 bridgehead atoms. The van der Waals surface area contributed by atoms with Crippen LogP contribution in [0.1, 0.15) is 141 Å². The van der Waals surface area contributed by atoms with E-state index in [1.165, 1.54) is 93.9 Å². The summed E-state index contributed by atoms with van der Waals surface area (Å²) in [4.78, 5) is 23.9. The first-order valence-electron chi connectivity index (χ1n) is 22.5. The molecule has 9 rings (SSSR count). The number of carbonyl (C=O) groups excluding carboxylic acids is 2. The molecule has 0 saturated heterocycles. The molecule has 0 radical (unpaired) electrons. The highest BCUT2D eigenvalue weighted by atomic mass is 16.6. The molecule has 0 spiro atoms. The van der Waals surface area contributed by atoms with Gasteiger partial charge in [-0.1, -0.05) is 40.9 Å². The molecule has 1 aromatic carbocycles. The van der Waals surface area contributed by atoms with Crippen molar-refractivity contribution in [3.05, 3.63) is 48.6 Å². The minimum atomic E-state index is -0.422. The number of benzene rings is 1. The molecule has 8 fully saturated rings. The Labute approximate surface area is 336 Å². The molecule has 8 saturated carbocycles. The Balaban J connectivity index is 1.19. The topological polar surface area (TPSA) is 89.5 Å². The summed E-state index contributed by atoms with van der Waals surface area (Å²) in [5, 5.41) is 0. The largest absolute Gasteiger partial charge is 0.490 e. The van der Waals surface area contributed by atoms with E-state index in [-0.39, 0.29) is 29.8 Å². The van der Waals surface area contributed by atoms with E-state index in [9.17, 15) is 9.59 Å².